The van der Waals surface area contributed by atoms with Crippen LogP contribution in [0.3, 0.4) is 0 Å². The SMILES string of the molecule is CCCC(CNC)Oc1ccc(Br)cc1. The van der Waals surface area contributed by atoms with Crippen LogP contribution in [0.5, 0.6) is 5.75 Å². The van der Waals surface area contributed by atoms with Crippen LogP contribution in [0.4, 0.5) is 0 Å². The van der Waals surface area contributed by atoms with Crippen LogP contribution in [0.2, 0.25) is 0 Å². The minimum atomic E-state index is 0.265. The maximum Gasteiger partial charge on any atom is 0.119 e. The second kappa shape index (κ2) is 6.85. The van der Waals surface area contributed by atoms with E-state index in [4.69, 9.17) is 4.74 Å². The van der Waals surface area contributed by atoms with Gasteiger partial charge < -0.3 is 10.1 Å². The van der Waals surface area contributed by atoms with Crippen LogP contribution in [0, 0.1) is 0 Å². The lowest BCUT2D eigenvalue weighted by atomic mass is 10.2. The molecule has 0 spiro atoms. The van der Waals surface area contributed by atoms with Crippen molar-refractivity contribution in [3.05, 3.63) is 28.7 Å². The molecule has 0 aliphatic rings. The van der Waals surface area contributed by atoms with Crippen molar-refractivity contribution < 1.29 is 4.74 Å². The highest BCUT2D eigenvalue weighted by Gasteiger charge is 2.07. The Kier molecular flexibility index (Phi) is 5.73. The van der Waals surface area contributed by atoms with Crippen LogP contribution in [-0.2, 0) is 0 Å². The molecule has 0 saturated heterocycles. The molecule has 0 heterocycles. The normalized spacial score (nSPS) is 12.5. The molecular formula is C12H18BrNO. The molecule has 0 aliphatic carbocycles. The van der Waals surface area contributed by atoms with E-state index >= 15 is 0 Å². The van der Waals surface area contributed by atoms with Crippen LogP contribution < -0.4 is 10.1 Å². The van der Waals surface area contributed by atoms with Gasteiger partial charge in [-0.15, -0.1) is 0 Å². The van der Waals surface area contributed by atoms with E-state index in [9.17, 15) is 0 Å². The van der Waals surface area contributed by atoms with Crippen molar-refractivity contribution in [2.24, 2.45) is 0 Å². The highest BCUT2D eigenvalue weighted by Crippen LogP contribution is 2.18. The van der Waals surface area contributed by atoms with E-state index in [1.54, 1.807) is 0 Å². The molecule has 84 valence electrons. The summed E-state index contributed by atoms with van der Waals surface area (Å²) in [4.78, 5) is 0. The first kappa shape index (κ1) is 12.5. The fraction of sp³-hybridized carbons (Fsp3) is 0.500. The summed E-state index contributed by atoms with van der Waals surface area (Å²) in [5.41, 5.74) is 0. The molecule has 0 saturated carbocycles. The van der Waals surface area contributed by atoms with Gasteiger partial charge in [-0.1, -0.05) is 29.3 Å². The van der Waals surface area contributed by atoms with Gasteiger partial charge in [0.2, 0.25) is 0 Å². The largest absolute Gasteiger partial charge is 0.489 e. The molecule has 0 fully saturated rings. The predicted octanol–water partition coefficient (Wildman–Crippen LogP) is 3.22. The second-order valence-electron chi connectivity index (χ2n) is 3.54. The van der Waals surface area contributed by atoms with E-state index in [0.717, 1.165) is 29.6 Å². The average Bonchev–Trinajstić information content (AvgIpc) is 2.22. The van der Waals surface area contributed by atoms with Gasteiger partial charge in [-0.2, -0.15) is 0 Å². The van der Waals surface area contributed by atoms with E-state index in [-0.39, 0.29) is 6.10 Å². The van der Waals surface area contributed by atoms with Gasteiger partial charge in [0.25, 0.3) is 0 Å². The summed E-state index contributed by atoms with van der Waals surface area (Å²) < 4.78 is 6.95. The first-order chi connectivity index (χ1) is 7.26. The van der Waals surface area contributed by atoms with Crippen molar-refractivity contribution in [3.8, 4) is 5.75 Å². The number of hydrogen-bond donors (Lipinski definition) is 1. The van der Waals surface area contributed by atoms with Gasteiger partial charge in [-0.05, 0) is 37.7 Å². The molecule has 3 heteroatoms. The predicted molar refractivity (Wildman–Crippen MR) is 67.4 cm³/mol. The smallest absolute Gasteiger partial charge is 0.119 e. The molecule has 1 atom stereocenters. The molecule has 0 amide bonds. The summed E-state index contributed by atoms with van der Waals surface area (Å²) in [6, 6.07) is 7.97. The molecule has 2 nitrogen and oxygen atoms in total. The highest BCUT2D eigenvalue weighted by atomic mass is 79.9. The summed E-state index contributed by atoms with van der Waals surface area (Å²) in [6.07, 6.45) is 2.49. The number of ether oxygens (including phenoxy) is 1. The molecule has 0 aromatic heterocycles. The quantitative estimate of drug-likeness (QED) is 0.858. The summed E-state index contributed by atoms with van der Waals surface area (Å²) in [5, 5.41) is 3.15. The van der Waals surface area contributed by atoms with Gasteiger partial charge in [0.05, 0.1) is 0 Å². The van der Waals surface area contributed by atoms with Crippen LogP contribution in [0.1, 0.15) is 19.8 Å². The molecular weight excluding hydrogens is 254 g/mol. The van der Waals surface area contributed by atoms with Gasteiger partial charge in [-0.25, -0.2) is 0 Å². The number of halogens is 1. The number of nitrogens with one attached hydrogen (secondary N) is 1. The molecule has 1 N–H and O–H groups in total. The van der Waals surface area contributed by atoms with Gasteiger partial charge in [0.1, 0.15) is 11.9 Å². The van der Waals surface area contributed by atoms with Gasteiger partial charge in [-0.3, -0.25) is 0 Å². The summed E-state index contributed by atoms with van der Waals surface area (Å²) in [7, 11) is 1.95. The molecule has 1 rings (SSSR count). The second-order valence-corrected chi connectivity index (χ2v) is 4.46. The fourth-order valence-electron chi connectivity index (χ4n) is 1.46. The lowest BCUT2D eigenvalue weighted by molar-refractivity contribution is 0.189. The van der Waals surface area contributed by atoms with Crippen molar-refractivity contribution in [2.75, 3.05) is 13.6 Å². The van der Waals surface area contributed by atoms with Crippen LogP contribution >= 0.6 is 15.9 Å². The number of benzene rings is 1. The Bertz CT molecular complexity index is 267. The summed E-state index contributed by atoms with van der Waals surface area (Å²) >= 11 is 3.41. The monoisotopic (exact) mass is 271 g/mol. The molecule has 1 aromatic rings. The Morgan fingerprint density at radius 2 is 2.00 bits per heavy atom. The van der Waals surface area contributed by atoms with Crippen molar-refractivity contribution in [1.29, 1.82) is 0 Å². The van der Waals surface area contributed by atoms with Crippen molar-refractivity contribution >= 4 is 15.9 Å². The highest BCUT2D eigenvalue weighted by molar-refractivity contribution is 9.10. The van der Waals surface area contributed by atoms with Gasteiger partial charge in [0.15, 0.2) is 0 Å². The van der Waals surface area contributed by atoms with Crippen molar-refractivity contribution in [2.45, 2.75) is 25.9 Å². The maximum absolute atomic E-state index is 5.87. The molecule has 1 unspecified atom stereocenters. The van der Waals surface area contributed by atoms with Crippen molar-refractivity contribution in [1.82, 2.24) is 5.32 Å². The zero-order chi connectivity index (χ0) is 11.1. The van der Waals surface area contributed by atoms with Gasteiger partial charge in [0, 0.05) is 11.0 Å². The molecule has 1 aromatic carbocycles. The van der Waals surface area contributed by atoms with Crippen LogP contribution in [0.15, 0.2) is 28.7 Å². The topological polar surface area (TPSA) is 21.3 Å². The van der Waals surface area contributed by atoms with Crippen LogP contribution in [0.25, 0.3) is 0 Å². The Labute approximate surface area is 100 Å². The first-order valence-electron chi connectivity index (χ1n) is 5.33. The third-order valence-electron chi connectivity index (χ3n) is 2.16. The zero-order valence-corrected chi connectivity index (χ0v) is 10.9. The average molecular weight is 272 g/mol. The van der Waals surface area contributed by atoms with Gasteiger partial charge >= 0.3 is 0 Å². The number of likely N-dealkylation sites (N-methyl/N-ethyl adjacent to an activating group) is 1. The number of rotatable bonds is 6. The third kappa shape index (κ3) is 4.67. The molecule has 0 aliphatic heterocycles. The van der Waals surface area contributed by atoms with Crippen molar-refractivity contribution in [3.63, 3.8) is 0 Å². The van der Waals surface area contributed by atoms with Crippen LogP contribution in [-0.4, -0.2) is 19.7 Å². The van der Waals surface area contributed by atoms with E-state index in [1.165, 1.54) is 0 Å². The fourth-order valence-corrected chi connectivity index (χ4v) is 1.72. The maximum atomic E-state index is 5.87. The Morgan fingerprint density at radius 1 is 1.33 bits per heavy atom. The zero-order valence-electron chi connectivity index (χ0n) is 9.29. The summed E-state index contributed by atoms with van der Waals surface area (Å²) in [5.74, 6) is 0.937. The Morgan fingerprint density at radius 3 is 2.53 bits per heavy atom. The third-order valence-corrected chi connectivity index (χ3v) is 2.69. The Hall–Kier alpha value is -0.540. The van der Waals surface area contributed by atoms with E-state index in [2.05, 4.69) is 28.2 Å². The van der Waals surface area contributed by atoms with E-state index in [0.29, 0.717) is 0 Å². The lowest BCUT2D eigenvalue weighted by Crippen LogP contribution is -2.28. The Balaban J connectivity index is 2.53. The van der Waals surface area contributed by atoms with E-state index < -0.39 is 0 Å². The van der Waals surface area contributed by atoms with E-state index in [1.807, 2.05) is 31.3 Å². The minimum Gasteiger partial charge on any atom is -0.489 e. The standard InChI is InChI=1S/C12H18BrNO/c1-3-4-12(9-14-2)15-11-7-5-10(13)6-8-11/h5-8,12,14H,3-4,9H2,1-2H3. The molecule has 15 heavy (non-hydrogen) atoms. The lowest BCUT2D eigenvalue weighted by Gasteiger charge is -2.18. The molecule has 0 radical (unpaired) electrons. The number of hydrogen-bond acceptors (Lipinski definition) is 2. The molecule has 0 bridgehead atoms. The minimum absolute atomic E-state index is 0.265. The first-order valence-corrected chi connectivity index (χ1v) is 6.12. The summed E-state index contributed by atoms with van der Waals surface area (Å²) in [6.45, 7) is 3.07.